The van der Waals surface area contributed by atoms with Gasteiger partial charge in [-0.15, -0.1) is 0 Å². The Balaban J connectivity index is 1.41. The van der Waals surface area contributed by atoms with Gasteiger partial charge in [-0.05, 0) is 49.1 Å². The summed E-state index contributed by atoms with van der Waals surface area (Å²) in [5.41, 5.74) is 3.15. The predicted octanol–water partition coefficient (Wildman–Crippen LogP) is 4.27. The Labute approximate surface area is 181 Å². The van der Waals surface area contributed by atoms with Crippen LogP contribution in [0.5, 0.6) is 5.75 Å². The molecule has 7 nitrogen and oxygen atoms in total. The average molecular weight is 412 g/mol. The van der Waals surface area contributed by atoms with Crippen molar-refractivity contribution >= 4 is 12.2 Å². The third-order valence-corrected chi connectivity index (χ3v) is 5.55. The molecule has 0 saturated heterocycles. The minimum Gasteiger partial charge on any atom is -0.493 e. The van der Waals surface area contributed by atoms with Crippen LogP contribution in [0.25, 0.3) is 18.0 Å². The molecule has 3 aromatic heterocycles. The summed E-state index contributed by atoms with van der Waals surface area (Å²) in [7, 11) is 1.65. The SMILES string of the molecule is COc1cc(C=Cc2nc3n(n2)CCC[C@@H]3c2ccccc2)cnc1-n1cnc(C)c1. The topological polar surface area (TPSA) is 70.7 Å². The van der Waals surface area contributed by atoms with Gasteiger partial charge >= 0.3 is 0 Å². The Morgan fingerprint density at radius 1 is 1.13 bits per heavy atom. The molecule has 0 unspecified atom stereocenters. The quantitative estimate of drug-likeness (QED) is 0.489. The molecule has 31 heavy (non-hydrogen) atoms. The summed E-state index contributed by atoms with van der Waals surface area (Å²) in [6.45, 7) is 2.85. The lowest BCUT2D eigenvalue weighted by Crippen LogP contribution is -2.17. The summed E-state index contributed by atoms with van der Waals surface area (Å²) in [6, 6.07) is 12.5. The van der Waals surface area contributed by atoms with E-state index in [0.29, 0.717) is 23.3 Å². The fourth-order valence-electron chi connectivity index (χ4n) is 4.04. The normalized spacial score (nSPS) is 15.9. The van der Waals surface area contributed by atoms with Gasteiger partial charge in [-0.3, -0.25) is 4.57 Å². The first-order valence-corrected chi connectivity index (χ1v) is 10.4. The van der Waals surface area contributed by atoms with Crippen LogP contribution in [0.3, 0.4) is 0 Å². The summed E-state index contributed by atoms with van der Waals surface area (Å²) in [5.74, 6) is 3.44. The van der Waals surface area contributed by atoms with E-state index >= 15 is 0 Å². The Hall–Kier alpha value is -3.74. The number of nitrogens with zero attached hydrogens (tertiary/aromatic N) is 6. The molecule has 156 valence electrons. The van der Waals surface area contributed by atoms with Crippen molar-refractivity contribution in [2.75, 3.05) is 7.11 Å². The lowest BCUT2D eigenvalue weighted by Gasteiger charge is -2.22. The van der Waals surface area contributed by atoms with Crippen molar-refractivity contribution < 1.29 is 4.74 Å². The lowest BCUT2D eigenvalue weighted by molar-refractivity contribution is 0.410. The summed E-state index contributed by atoms with van der Waals surface area (Å²) in [5, 5.41) is 4.71. The van der Waals surface area contributed by atoms with Gasteiger partial charge in [0.2, 0.25) is 0 Å². The molecule has 0 N–H and O–H groups in total. The standard InChI is InChI=1S/C24H24N6O/c1-17-15-29(16-26-17)24-21(31-2)13-18(14-25-24)10-11-22-27-23-20(9-6-12-30(23)28-22)19-7-4-3-5-8-19/h3-5,7-8,10-11,13-16,20H,6,9,12H2,1-2H3/t20-/m1/s1. The predicted molar refractivity (Wildman–Crippen MR) is 119 cm³/mol. The second kappa shape index (κ2) is 8.18. The van der Waals surface area contributed by atoms with E-state index in [1.807, 2.05) is 52.9 Å². The summed E-state index contributed by atoms with van der Waals surface area (Å²) in [6.07, 6.45) is 11.6. The maximum absolute atomic E-state index is 5.55. The smallest absolute Gasteiger partial charge is 0.180 e. The van der Waals surface area contributed by atoms with E-state index < -0.39 is 0 Å². The Morgan fingerprint density at radius 3 is 2.77 bits per heavy atom. The van der Waals surface area contributed by atoms with Gasteiger partial charge < -0.3 is 4.74 Å². The van der Waals surface area contributed by atoms with Crippen LogP contribution in [0.15, 0.2) is 55.1 Å². The summed E-state index contributed by atoms with van der Waals surface area (Å²) >= 11 is 0. The number of hydrogen-bond donors (Lipinski definition) is 0. The van der Waals surface area contributed by atoms with Crippen molar-refractivity contribution in [2.24, 2.45) is 0 Å². The highest BCUT2D eigenvalue weighted by atomic mass is 16.5. The third-order valence-electron chi connectivity index (χ3n) is 5.55. The molecule has 1 aliphatic rings. The van der Waals surface area contributed by atoms with Crippen LogP contribution in [-0.2, 0) is 6.54 Å². The van der Waals surface area contributed by atoms with Crippen molar-refractivity contribution in [3.8, 4) is 11.6 Å². The van der Waals surface area contributed by atoms with E-state index in [4.69, 9.17) is 14.8 Å². The molecule has 1 aliphatic heterocycles. The van der Waals surface area contributed by atoms with E-state index in [1.165, 1.54) is 5.56 Å². The molecule has 1 atom stereocenters. The van der Waals surface area contributed by atoms with E-state index in [2.05, 4.69) is 34.2 Å². The van der Waals surface area contributed by atoms with Crippen LogP contribution in [0.2, 0.25) is 0 Å². The van der Waals surface area contributed by atoms with Crippen LogP contribution in [0.1, 0.15) is 47.2 Å². The fourth-order valence-corrected chi connectivity index (χ4v) is 4.04. The number of pyridine rings is 1. The molecule has 0 fully saturated rings. The summed E-state index contributed by atoms with van der Waals surface area (Å²) < 4.78 is 9.45. The van der Waals surface area contributed by atoms with Gasteiger partial charge in [0.25, 0.3) is 0 Å². The summed E-state index contributed by atoms with van der Waals surface area (Å²) in [4.78, 5) is 13.7. The van der Waals surface area contributed by atoms with Gasteiger partial charge in [0, 0.05) is 24.9 Å². The molecule has 1 aromatic carbocycles. The third kappa shape index (κ3) is 3.86. The van der Waals surface area contributed by atoms with Crippen LogP contribution < -0.4 is 4.74 Å². The second-order valence-electron chi connectivity index (χ2n) is 7.71. The number of aryl methyl sites for hydroxylation is 2. The van der Waals surface area contributed by atoms with Crippen molar-refractivity contribution in [1.82, 2.24) is 29.3 Å². The van der Waals surface area contributed by atoms with Crippen LogP contribution >= 0.6 is 0 Å². The number of imidazole rings is 1. The zero-order valence-electron chi connectivity index (χ0n) is 17.6. The first-order chi connectivity index (χ1) is 15.2. The molecule has 5 rings (SSSR count). The van der Waals surface area contributed by atoms with Gasteiger partial charge in [0.05, 0.1) is 12.8 Å². The largest absolute Gasteiger partial charge is 0.493 e. The van der Waals surface area contributed by atoms with Gasteiger partial charge in [-0.2, -0.15) is 5.10 Å². The number of benzene rings is 1. The van der Waals surface area contributed by atoms with Crippen molar-refractivity contribution in [3.63, 3.8) is 0 Å². The minimum absolute atomic E-state index is 0.296. The second-order valence-corrected chi connectivity index (χ2v) is 7.71. The van der Waals surface area contributed by atoms with Crippen molar-refractivity contribution in [1.29, 1.82) is 0 Å². The Bertz CT molecular complexity index is 1220. The number of ether oxygens (including phenoxy) is 1. The van der Waals surface area contributed by atoms with Gasteiger partial charge in [-0.1, -0.05) is 30.3 Å². The average Bonchev–Trinajstić information content (AvgIpc) is 3.43. The first-order valence-electron chi connectivity index (χ1n) is 10.4. The maximum Gasteiger partial charge on any atom is 0.180 e. The molecule has 7 heteroatoms. The highest BCUT2D eigenvalue weighted by Crippen LogP contribution is 2.32. The molecule has 0 radical (unpaired) electrons. The van der Waals surface area contributed by atoms with E-state index in [9.17, 15) is 0 Å². The molecular formula is C24H24N6O. The highest BCUT2D eigenvalue weighted by molar-refractivity contribution is 5.67. The van der Waals surface area contributed by atoms with Crippen molar-refractivity contribution in [2.45, 2.75) is 32.2 Å². The highest BCUT2D eigenvalue weighted by Gasteiger charge is 2.25. The maximum atomic E-state index is 5.55. The van der Waals surface area contributed by atoms with Crippen LogP contribution in [0, 0.1) is 6.92 Å². The van der Waals surface area contributed by atoms with Crippen LogP contribution in [-0.4, -0.2) is 36.4 Å². The molecule has 0 aliphatic carbocycles. The molecule has 4 heterocycles. The lowest BCUT2D eigenvalue weighted by atomic mass is 9.91. The number of rotatable bonds is 5. The Kier molecular flexibility index (Phi) is 5.08. The fraction of sp³-hybridized carbons (Fsp3) is 0.250. The number of aromatic nitrogens is 6. The number of fused-ring (bicyclic) bond motifs is 1. The Morgan fingerprint density at radius 2 is 2.00 bits per heavy atom. The zero-order valence-corrected chi connectivity index (χ0v) is 17.6. The monoisotopic (exact) mass is 412 g/mol. The molecule has 0 bridgehead atoms. The van der Waals surface area contributed by atoms with Crippen molar-refractivity contribution in [3.05, 3.63) is 83.6 Å². The van der Waals surface area contributed by atoms with Gasteiger partial charge in [0.1, 0.15) is 12.2 Å². The molecule has 0 spiro atoms. The minimum atomic E-state index is 0.296. The molecule has 0 saturated carbocycles. The van der Waals surface area contributed by atoms with Gasteiger partial charge in [0.15, 0.2) is 17.4 Å². The zero-order chi connectivity index (χ0) is 21.2. The van der Waals surface area contributed by atoms with E-state index in [0.717, 1.165) is 36.5 Å². The first kappa shape index (κ1) is 19.2. The van der Waals surface area contributed by atoms with E-state index in [-0.39, 0.29) is 0 Å². The van der Waals surface area contributed by atoms with E-state index in [1.54, 1.807) is 13.4 Å². The molecular weight excluding hydrogens is 388 g/mol. The molecule has 4 aromatic rings. The van der Waals surface area contributed by atoms with Gasteiger partial charge in [-0.25, -0.2) is 19.6 Å². The molecule has 0 amide bonds. The van der Waals surface area contributed by atoms with Crippen LogP contribution in [0.4, 0.5) is 0 Å². The number of methoxy groups -OCH3 is 1. The number of hydrogen-bond acceptors (Lipinski definition) is 5.